The number of methoxy groups -OCH3 is 1. The van der Waals surface area contributed by atoms with Crippen molar-refractivity contribution < 1.29 is 28.6 Å². The molecule has 0 unspecified atom stereocenters. The molecule has 1 rings (SSSR count). The highest BCUT2D eigenvalue weighted by Gasteiger charge is 2.40. The minimum Gasteiger partial charge on any atom is -0.467 e. The molecule has 27 heavy (non-hydrogen) atoms. The summed E-state index contributed by atoms with van der Waals surface area (Å²) >= 11 is 0. The highest BCUT2D eigenvalue weighted by molar-refractivity contribution is 5.83. The number of carbonyl (C=O) groups excluding carboxylic acids is 3. The predicted molar refractivity (Wildman–Crippen MR) is 99.0 cm³/mol. The number of esters is 1. The first-order valence-corrected chi connectivity index (χ1v) is 8.51. The normalized spacial score (nSPS) is 12.5. The Morgan fingerprint density at radius 1 is 1.00 bits per heavy atom. The summed E-state index contributed by atoms with van der Waals surface area (Å²) in [5.74, 6) is -0.729. The smallest absolute Gasteiger partial charge is 0.408 e. The molecule has 0 spiro atoms. The molecule has 8 nitrogen and oxygen atoms in total. The van der Waals surface area contributed by atoms with Gasteiger partial charge in [-0.3, -0.25) is 0 Å². The Kier molecular flexibility index (Phi) is 7.63. The van der Waals surface area contributed by atoms with Gasteiger partial charge in [-0.25, -0.2) is 14.4 Å². The molecule has 0 aliphatic rings. The van der Waals surface area contributed by atoms with E-state index in [1.54, 1.807) is 46.8 Å². The van der Waals surface area contributed by atoms with Crippen molar-refractivity contribution in [3.05, 3.63) is 35.9 Å². The molecule has 0 aromatic heterocycles. The van der Waals surface area contributed by atoms with Gasteiger partial charge in [-0.1, -0.05) is 30.3 Å². The van der Waals surface area contributed by atoms with E-state index in [0.717, 1.165) is 5.56 Å². The summed E-state index contributed by atoms with van der Waals surface area (Å²) in [6.07, 6.45) is -1.53. The number of hydrogen-bond donors (Lipinski definition) is 2. The maximum absolute atomic E-state index is 12.2. The quantitative estimate of drug-likeness (QED) is 0.581. The summed E-state index contributed by atoms with van der Waals surface area (Å²) in [7, 11) is 1.19. The maximum atomic E-state index is 12.2. The molecule has 2 amide bonds. The van der Waals surface area contributed by atoms with Gasteiger partial charge in [0.1, 0.15) is 12.2 Å². The second-order valence-corrected chi connectivity index (χ2v) is 7.51. The van der Waals surface area contributed by atoms with E-state index in [1.165, 1.54) is 7.11 Å². The molecule has 0 fully saturated rings. The predicted octanol–water partition coefficient (Wildman–Crippen LogP) is 2.76. The van der Waals surface area contributed by atoms with Crippen LogP contribution in [-0.2, 0) is 25.6 Å². The summed E-state index contributed by atoms with van der Waals surface area (Å²) in [6, 6.07) is 7.92. The van der Waals surface area contributed by atoms with Crippen molar-refractivity contribution in [1.29, 1.82) is 0 Å². The first kappa shape index (κ1) is 22.3. The molecule has 1 aromatic carbocycles. The Bertz CT molecular complexity index is 652. The number of nitrogens with one attached hydrogen (secondary N) is 2. The third-order valence-electron chi connectivity index (χ3n) is 3.46. The van der Waals surface area contributed by atoms with Gasteiger partial charge in [0.15, 0.2) is 6.04 Å². The SMILES string of the molecule is COC(=O)[C@@H](NC(=O)OCc1ccccc1)C(C)(C)NC(=O)OC(C)(C)C. The van der Waals surface area contributed by atoms with E-state index in [9.17, 15) is 14.4 Å². The van der Waals surface area contributed by atoms with Crippen molar-refractivity contribution >= 4 is 18.2 Å². The monoisotopic (exact) mass is 380 g/mol. The molecular weight excluding hydrogens is 352 g/mol. The summed E-state index contributed by atoms with van der Waals surface area (Å²) in [6.45, 7) is 8.33. The third-order valence-corrected chi connectivity index (χ3v) is 3.46. The summed E-state index contributed by atoms with van der Waals surface area (Å²) in [5, 5.41) is 5.02. The van der Waals surface area contributed by atoms with Crippen LogP contribution in [0.1, 0.15) is 40.2 Å². The highest BCUT2D eigenvalue weighted by Crippen LogP contribution is 2.14. The summed E-state index contributed by atoms with van der Waals surface area (Å²) < 4.78 is 15.1. The Balaban J connectivity index is 2.76. The van der Waals surface area contributed by atoms with Gasteiger partial charge in [-0.15, -0.1) is 0 Å². The van der Waals surface area contributed by atoms with Crippen LogP contribution < -0.4 is 10.6 Å². The molecule has 1 aromatic rings. The molecule has 0 heterocycles. The fourth-order valence-electron chi connectivity index (χ4n) is 2.17. The molecule has 0 aliphatic heterocycles. The molecule has 0 bridgehead atoms. The highest BCUT2D eigenvalue weighted by atomic mass is 16.6. The average Bonchev–Trinajstić information content (AvgIpc) is 2.55. The van der Waals surface area contributed by atoms with Crippen LogP contribution >= 0.6 is 0 Å². The first-order valence-electron chi connectivity index (χ1n) is 8.51. The van der Waals surface area contributed by atoms with Crippen LogP contribution in [0.5, 0.6) is 0 Å². The lowest BCUT2D eigenvalue weighted by Crippen LogP contribution is -2.62. The van der Waals surface area contributed by atoms with Crippen molar-refractivity contribution in [2.24, 2.45) is 0 Å². The standard InChI is InChI=1S/C19H28N2O6/c1-18(2,3)27-17(24)21-19(4,5)14(15(22)25-6)20-16(23)26-12-13-10-8-7-9-11-13/h7-11,14H,12H2,1-6H3,(H,20,23)(H,21,24)/t14-/m1/s1. The van der Waals surface area contributed by atoms with Gasteiger partial charge in [0, 0.05) is 0 Å². The number of ether oxygens (including phenoxy) is 3. The average molecular weight is 380 g/mol. The van der Waals surface area contributed by atoms with Crippen molar-refractivity contribution in [3.8, 4) is 0 Å². The first-order chi connectivity index (χ1) is 12.4. The van der Waals surface area contributed by atoms with E-state index in [-0.39, 0.29) is 6.61 Å². The molecule has 0 radical (unpaired) electrons. The van der Waals surface area contributed by atoms with Crippen molar-refractivity contribution in [3.63, 3.8) is 0 Å². The second-order valence-electron chi connectivity index (χ2n) is 7.51. The topological polar surface area (TPSA) is 103 Å². The van der Waals surface area contributed by atoms with Gasteiger partial charge >= 0.3 is 18.2 Å². The Morgan fingerprint density at radius 3 is 2.11 bits per heavy atom. The zero-order valence-corrected chi connectivity index (χ0v) is 16.6. The fraction of sp³-hybridized carbons (Fsp3) is 0.526. The number of benzene rings is 1. The van der Waals surface area contributed by atoms with Crippen LogP contribution in [0.4, 0.5) is 9.59 Å². The lowest BCUT2D eigenvalue weighted by molar-refractivity contribution is -0.144. The van der Waals surface area contributed by atoms with Crippen LogP contribution in [0.2, 0.25) is 0 Å². The molecule has 8 heteroatoms. The van der Waals surface area contributed by atoms with E-state index in [4.69, 9.17) is 14.2 Å². The Morgan fingerprint density at radius 2 is 1.59 bits per heavy atom. The number of rotatable bonds is 6. The van der Waals surface area contributed by atoms with Gasteiger partial charge in [0.05, 0.1) is 12.6 Å². The molecule has 2 N–H and O–H groups in total. The number of alkyl carbamates (subject to hydrolysis) is 2. The van der Waals surface area contributed by atoms with E-state index in [1.807, 2.05) is 18.2 Å². The van der Waals surface area contributed by atoms with Crippen LogP contribution in [0.25, 0.3) is 0 Å². The van der Waals surface area contributed by atoms with E-state index in [2.05, 4.69) is 10.6 Å². The lowest BCUT2D eigenvalue weighted by atomic mass is 9.94. The number of amides is 2. The van der Waals surface area contributed by atoms with Gasteiger partial charge in [-0.05, 0) is 40.2 Å². The van der Waals surface area contributed by atoms with Crippen molar-refractivity contribution in [2.75, 3.05) is 7.11 Å². The lowest BCUT2D eigenvalue weighted by Gasteiger charge is -2.34. The Labute approximate surface area is 159 Å². The van der Waals surface area contributed by atoms with Gasteiger partial charge in [0.25, 0.3) is 0 Å². The zero-order valence-electron chi connectivity index (χ0n) is 16.6. The maximum Gasteiger partial charge on any atom is 0.408 e. The zero-order chi connectivity index (χ0) is 20.7. The van der Waals surface area contributed by atoms with E-state index >= 15 is 0 Å². The molecule has 150 valence electrons. The van der Waals surface area contributed by atoms with Gasteiger partial charge in [-0.2, -0.15) is 0 Å². The molecule has 0 aliphatic carbocycles. The van der Waals surface area contributed by atoms with Gasteiger partial charge in [0.2, 0.25) is 0 Å². The minimum absolute atomic E-state index is 0.0422. The molecule has 1 atom stereocenters. The fourth-order valence-corrected chi connectivity index (χ4v) is 2.17. The third kappa shape index (κ3) is 7.98. The molecule has 0 saturated carbocycles. The van der Waals surface area contributed by atoms with Crippen molar-refractivity contribution in [1.82, 2.24) is 10.6 Å². The number of hydrogen-bond acceptors (Lipinski definition) is 6. The second kappa shape index (κ2) is 9.25. The van der Waals surface area contributed by atoms with Crippen LogP contribution in [0.3, 0.4) is 0 Å². The van der Waals surface area contributed by atoms with E-state index in [0.29, 0.717) is 0 Å². The summed E-state index contributed by atoms with van der Waals surface area (Å²) in [4.78, 5) is 36.3. The number of carbonyl (C=O) groups is 3. The Hall–Kier alpha value is -2.77. The molecular formula is C19H28N2O6. The minimum atomic E-state index is -1.19. The molecule has 0 saturated heterocycles. The van der Waals surface area contributed by atoms with E-state index < -0.39 is 35.3 Å². The van der Waals surface area contributed by atoms with Crippen LogP contribution in [0.15, 0.2) is 30.3 Å². The van der Waals surface area contributed by atoms with Crippen LogP contribution in [-0.4, -0.2) is 42.4 Å². The van der Waals surface area contributed by atoms with Gasteiger partial charge < -0.3 is 24.8 Å². The van der Waals surface area contributed by atoms with Crippen LogP contribution in [0, 0.1) is 0 Å². The summed E-state index contributed by atoms with van der Waals surface area (Å²) in [5.41, 5.74) is -1.10. The largest absolute Gasteiger partial charge is 0.467 e. The van der Waals surface area contributed by atoms with Crippen molar-refractivity contribution in [2.45, 2.75) is 58.4 Å².